The lowest BCUT2D eigenvalue weighted by molar-refractivity contribution is 0.0484. The summed E-state index contributed by atoms with van der Waals surface area (Å²) in [5.41, 5.74) is 0.873. The fraction of sp³-hybridized carbons (Fsp3) is 0.455. The van der Waals surface area contributed by atoms with E-state index in [4.69, 9.17) is 9.47 Å². The van der Waals surface area contributed by atoms with Gasteiger partial charge in [0.1, 0.15) is 11.3 Å². The van der Waals surface area contributed by atoms with Crippen molar-refractivity contribution in [1.29, 1.82) is 0 Å². The van der Waals surface area contributed by atoms with Gasteiger partial charge < -0.3 is 19.1 Å². The highest BCUT2D eigenvalue weighted by molar-refractivity contribution is 6.04. The quantitative estimate of drug-likeness (QED) is 0.614. The van der Waals surface area contributed by atoms with Crippen molar-refractivity contribution >= 4 is 28.9 Å². The second-order valence-corrected chi connectivity index (χ2v) is 7.92. The van der Waals surface area contributed by atoms with Crippen molar-refractivity contribution in [3.63, 3.8) is 0 Å². The number of hydrogen-bond donors (Lipinski definition) is 2. The predicted octanol–water partition coefficient (Wildman–Crippen LogP) is 3.23. The standard InChI is InChI=1S/C22H26FN5O5/c1-4-28-19(17(23)13(3)26-28)20(29)25-22-24-15-10-14(21(30)31)11-16-18(15)27(22)7-5-8-32-12(2)6-9-33-16/h10-12H,4-9H2,1-3H3,(H,30,31)(H,24,25,29)/t12-/m0/s1. The molecule has 0 fully saturated rings. The van der Waals surface area contributed by atoms with Gasteiger partial charge in [-0.15, -0.1) is 0 Å². The molecule has 1 amide bonds. The van der Waals surface area contributed by atoms with Crippen molar-refractivity contribution < 1.29 is 28.6 Å². The number of carboxylic acid groups (broad SMARTS) is 1. The Labute approximate surface area is 189 Å². The molecule has 10 nitrogen and oxygen atoms in total. The third-order valence-corrected chi connectivity index (χ3v) is 5.56. The zero-order valence-electron chi connectivity index (χ0n) is 18.7. The number of aromatic nitrogens is 4. The van der Waals surface area contributed by atoms with E-state index >= 15 is 0 Å². The number of carboxylic acids is 1. The molecule has 0 aliphatic carbocycles. The number of nitrogens with one attached hydrogen (secondary N) is 1. The Bertz CT molecular complexity index is 1220. The number of carbonyl (C=O) groups is 2. The maximum atomic E-state index is 14.6. The number of rotatable bonds is 4. The molecule has 0 radical (unpaired) electrons. The number of aromatic carboxylic acids is 1. The van der Waals surface area contributed by atoms with Crippen molar-refractivity contribution in [2.24, 2.45) is 0 Å². The molecule has 0 unspecified atom stereocenters. The molecule has 3 heterocycles. The van der Waals surface area contributed by atoms with Crippen LogP contribution < -0.4 is 10.1 Å². The minimum atomic E-state index is -1.12. The van der Waals surface area contributed by atoms with Crippen LogP contribution >= 0.6 is 0 Å². The van der Waals surface area contributed by atoms with Crippen LogP contribution in [0.3, 0.4) is 0 Å². The summed E-state index contributed by atoms with van der Waals surface area (Å²) in [5, 5.41) is 16.3. The number of benzene rings is 1. The van der Waals surface area contributed by atoms with E-state index in [9.17, 15) is 19.1 Å². The third kappa shape index (κ3) is 4.40. The second-order valence-electron chi connectivity index (χ2n) is 7.92. The second kappa shape index (κ2) is 9.18. The molecule has 2 N–H and O–H groups in total. The molecule has 1 aliphatic heterocycles. The maximum absolute atomic E-state index is 14.6. The molecule has 176 valence electrons. The van der Waals surface area contributed by atoms with Crippen molar-refractivity contribution in [1.82, 2.24) is 19.3 Å². The van der Waals surface area contributed by atoms with Crippen molar-refractivity contribution in [2.75, 3.05) is 18.5 Å². The lowest BCUT2D eigenvalue weighted by Gasteiger charge is -2.13. The van der Waals surface area contributed by atoms with Crippen LogP contribution in [-0.2, 0) is 17.8 Å². The number of ether oxygens (including phenoxy) is 2. The highest BCUT2D eigenvalue weighted by Gasteiger charge is 2.25. The largest absolute Gasteiger partial charge is 0.491 e. The molecular formula is C22H26FN5O5. The van der Waals surface area contributed by atoms with Gasteiger partial charge in [-0.05, 0) is 39.3 Å². The first kappa shape index (κ1) is 22.7. The van der Waals surface area contributed by atoms with Crippen LogP contribution in [0.2, 0.25) is 0 Å². The normalized spacial score (nSPS) is 16.8. The number of aryl methyl sites for hydroxylation is 3. The minimum Gasteiger partial charge on any atom is -0.491 e. The maximum Gasteiger partial charge on any atom is 0.335 e. The van der Waals surface area contributed by atoms with Gasteiger partial charge in [-0.25, -0.2) is 14.2 Å². The van der Waals surface area contributed by atoms with Crippen LogP contribution in [0.25, 0.3) is 11.0 Å². The van der Waals surface area contributed by atoms with Gasteiger partial charge in [0.15, 0.2) is 11.5 Å². The molecule has 4 rings (SSSR count). The van der Waals surface area contributed by atoms with Gasteiger partial charge in [-0.2, -0.15) is 5.10 Å². The molecule has 33 heavy (non-hydrogen) atoms. The van der Waals surface area contributed by atoms with E-state index < -0.39 is 17.7 Å². The van der Waals surface area contributed by atoms with E-state index in [1.54, 1.807) is 11.5 Å². The number of anilines is 1. The summed E-state index contributed by atoms with van der Waals surface area (Å²) in [6.07, 6.45) is 1.24. The van der Waals surface area contributed by atoms with Crippen LogP contribution in [0.15, 0.2) is 12.1 Å². The molecule has 0 saturated heterocycles. The summed E-state index contributed by atoms with van der Waals surface area (Å²) >= 11 is 0. The average molecular weight is 459 g/mol. The summed E-state index contributed by atoms with van der Waals surface area (Å²) in [7, 11) is 0. The fourth-order valence-corrected chi connectivity index (χ4v) is 3.87. The zero-order valence-corrected chi connectivity index (χ0v) is 18.7. The Kier molecular flexibility index (Phi) is 6.32. The number of carbonyl (C=O) groups excluding carboxylic acids is 1. The first-order valence-electron chi connectivity index (χ1n) is 10.9. The van der Waals surface area contributed by atoms with E-state index in [0.29, 0.717) is 55.9 Å². The van der Waals surface area contributed by atoms with Crippen LogP contribution in [0.5, 0.6) is 5.75 Å². The molecule has 2 aromatic heterocycles. The topological polar surface area (TPSA) is 120 Å². The van der Waals surface area contributed by atoms with Gasteiger partial charge in [0.2, 0.25) is 5.95 Å². The molecule has 1 atom stereocenters. The van der Waals surface area contributed by atoms with Gasteiger partial charge in [0.25, 0.3) is 5.91 Å². The van der Waals surface area contributed by atoms with E-state index in [1.807, 2.05) is 6.92 Å². The molecular weight excluding hydrogens is 433 g/mol. The van der Waals surface area contributed by atoms with Gasteiger partial charge >= 0.3 is 5.97 Å². The van der Waals surface area contributed by atoms with Crippen molar-refractivity contribution in [3.05, 3.63) is 34.9 Å². The molecule has 0 spiro atoms. The van der Waals surface area contributed by atoms with Crippen molar-refractivity contribution in [2.45, 2.75) is 52.8 Å². The van der Waals surface area contributed by atoms with Crippen LogP contribution in [-0.4, -0.2) is 55.6 Å². The molecule has 0 saturated carbocycles. The highest BCUT2D eigenvalue weighted by atomic mass is 19.1. The van der Waals surface area contributed by atoms with E-state index in [2.05, 4.69) is 15.4 Å². The Morgan fingerprint density at radius 1 is 1.33 bits per heavy atom. The monoisotopic (exact) mass is 459 g/mol. The lowest BCUT2D eigenvalue weighted by atomic mass is 10.2. The van der Waals surface area contributed by atoms with E-state index in [-0.39, 0.29) is 29.0 Å². The molecule has 0 bridgehead atoms. The minimum absolute atomic E-state index is 0.0153. The number of amides is 1. The van der Waals surface area contributed by atoms with Gasteiger partial charge in [-0.3, -0.25) is 14.8 Å². The van der Waals surface area contributed by atoms with Gasteiger partial charge in [0, 0.05) is 26.1 Å². The Hall–Kier alpha value is -3.47. The van der Waals surface area contributed by atoms with E-state index in [0.717, 1.165) is 0 Å². The average Bonchev–Trinajstić information content (AvgIpc) is 3.25. The Morgan fingerprint density at radius 3 is 2.85 bits per heavy atom. The molecule has 11 heteroatoms. The van der Waals surface area contributed by atoms with Crippen molar-refractivity contribution in [3.8, 4) is 5.75 Å². The third-order valence-electron chi connectivity index (χ3n) is 5.56. The highest BCUT2D eigenvalue weighted by Crippen LogP contribution is 2.32. The Balaban J connectivity index is 1.80. The smallest absolute Gasteiger partial charge is 0.335 e. The van der Waals surface area contributed by atoms with Crippen LogP contribution in [0.4, 0.5) is 10.3 Å². The summed E-state index contributed by atoms with van der Waals surface area (Å²) in [6, 6.07) is 2.88. The fourth-order valence-electron chi connectivity index (χ4n) is 3.87. The molecule has 3 aromatic rings. The lowest BCUT2D eigenvalue weighted by Crippen LogP contribution is -2.21. The number of hydrogen-bond acceptors (Lipinski definition) is 6. The number of halogens is 1. The Morgan fingerprint density at radius 2 is 2.12 bits per heavy atom. The predicted molar refractivity (Wildman–Crippen MR) is 117 cm³/mol. The molecule has 1 aliphatic rings. The number of imidazole rings is 1. The zero-order chi connectivity index (χ0) is 23.7. The first-order valence-corrected chi connectivity index (χ1v) is 10.9. The molecule has 1 aromatic carbocycles. The summed E-state index contributed by atoms with van der Waals surface area (Å²) in [4.78, 5) is 29.1. The van der Waals surface area contributed by atoms with Gasteiger partial charge in [0.05, 0.1) is 29.5 Å². The van der Waals surface area contributed by atoms with Crippen LogP contribution in [0.1, 0.15) is 53.2 Å². The van der Waals surface area contributed by atoms with Crippen LogP contribution in [0, 0.1) is 12.7 Å². The van der Waals surface area contributed by atoms with E-state index in [1.165, 1.54) is 23.7 Å². The van der Waals surface area contributed by atoms with Gasteiger partial charge in [-0.1, -0.05) is 0 Å². The first-order chi connectivity index (χ1) is 15.8. The SMILES string of the molecule is CCn1nc(C)c(F)c1C(=O)Nc1nc2cc(C(=O)O)cc3c2n1CCCO[C@@H](C)CCO3. The summed E-state index contributed by atoms with van der Waals surface area (Å²) in [5.74, 6) is -1.99. The summed E-state index contributed by atoms with van der Waals surface area (Å²) < 4.78 is 29.3. The summed E-state index contributed by atoms with van der Waals surface area (Å²) in [6.45, 7) is 6.77. The number of nitrogens with zero attached hydrogens (tertiary/aromatic N) is 4.